The van der Waals surface area contributed by atoms with Crippen molar-refractivity contribution in [2.75, 3.05) is 37.7 Å². The van der Waals surface area contributed by atoms with Gasteiger partial charge in [0.25, 0.3) is 0 Å². The summed E-state index contributed by atoms with van der Waals surface area (Å²) in [6, 6.07) is 6.75. The van der Waals surface area contributed by atoms with Crippen LogP contribution in [0.15, 0.2) is 34.2 Å². The summed E-state index contributed by atoms with van der Waals surface area (Å²) in [7, 11) is -3.48. The molecule has 6 nitrogen and oxygen atoms in total. The van der Waals surface area contributed by atoms with Gasteiger partial charge in [0.2, 0.25) is 10.0 Å². The van der Waals surface area contributed by atoms with E-state index < -0.39 is 10.0 Å². The molecule has 1 aromatic rings. The third kappa shape index (κ3) is 4.89. The highest BCUT2D eigenvalue weighted by molar-refractivity contribution is 7.99. The van der Waals surface area contributed by atoms with Gasteiger partial charge in [-0.1, -0.05) is 17.7 Å². The van der Waals surface area contributed by atoms with Crippen molar-refractivity contribution in [1.29, 1.82) is 0 Å². The molecule has 0 atom stereocenters. The van der Waals surface area contributed by atoms with Crippen LogP contribution in [0.3, 0.4) is 0 Å². The molecule has 1 saturated heterocycles. The van der Waals surface area contributed by atoms with Crippen molar-refractivity contribution in [3.63, 3.8) is 0 Å². The van der Waals surface area contributed by atoms with Crippen LogP contribution in [0.4, 0.5) is 0 Å². The molecule has 0 unspecified atom stereocenters. The summed E-state index contributed by atoms with van der Waals surface area (Å²) in [5.74, 6) is 2.60. The quantitative estimate of drug-likeness (QED) is 0.466. The lowest BCUT2D eigenvalue weighted by atomic mass is 10.2. The number of nitrogens with two attached hydrogens (primary N) is 1. The van der Waals surface area contributed by atoms with Gasteiger partial charge in [0.15, 0.2) is 5.96 Å². The van der Waals surface area contributed by atoms with Crippen LogP contribution in [-0.4, -0.2) is 57.0 Å². The van der Waals surface area contributed by atoms with E-state index in [1.54, 1.807) is 24.3 Å². The molecule has 8 heteroatoms. The molecule has 2 rings (SSSR count). The summed E-state index contributed by atoms with van der Waals surface area (Å²) in [5.41, 5.74) is 6.94. The Morgan fingerprint density at radius 3 is 2.59 bits per heavy atom. The highest BCUT2D eigenvalue weighted by atomic mass is 32.2. The van der Waals surface area contributed by atoms with Crippen LogP contribution in [0.25, 0.3) is 0 Å². The van der Waals surface area contributed by atoms with Crippen molar-refractivity contribution in [2.45, 2.75) is 11.8 Å². The molecule has 0 radical (unpaired) electrons. The van der Waals surface area contributed by atoms with E-state index in [9.17, 15) is 8.42 Å². The van der Waals surface area contributed by atoms with Gasteiger partial charge in [-0.25, -0.2) is 13.1 Å². The standard InChI is InChI=1S/C14H22N4O2S2/c1-12-2-4-13(5-3-12)22(19,20)17-7-6-16-14(15)18-8-10-21-11-9-18/h2-5,17H,6-11H2,1H3,(H2,15,16). The van der Waals surface area contributed by atoms with Crippen molar-refractivity contribution < 1.29 is 8.42 Å². The van der Waals surface area contributed by atoms with E-state index in [1.807, 2.05) is 23.6 Å². The monoisotopic (exact) mass is 342 g/mol. The minimum absolute atomic E-state index is 0.236. The van der Waals surface area contributed by atoms with Gasteiger partial charge in [0.05, 0.1) is 11.4 Å². The van der Waals surface area contributed by atoms with E-state index in [2.05, 4.69) is 9.71 Å². The van der Waals surface area contributed by atoms with Crippen molar-refractivity contribution in [1.82, 2.24) is 9.62 Å². The number of aliphatic imine (C=N–C) groups is 1. The molecule has 0 saturated carbocycles. The minimum atomic E-state index is -3.48. The summed E-state index contributed by atoms with van der Waals surface area (Å²) in [6.07, 6.45) is 0. The Morgan fingerprint density at radius 1 is 1.32 bits per heavy atom. The van der Waals surface area contributed by atoms with Gasteiger partial charge in [-0.3, -0.25) is 4.99 Å². The summed E-state index contributed by atoms with van der Waals surface area (Å²) < 4.78 is 26.7. The molecule has 122 valence electrons. The molecular formula is C14H22N4O2S2. The lowest BCUT2D eigenvalue weighted by molar-refractivity contribution is 0.456. The normalized spacial score (nSPS) is 16.8. The first kappa shape index (κ1) is 17.1. The van der Waals surface area contributed by atoms with Crippen molar-refractivity contribution in [3.05, 3.63) is 29.8 Å². The highest BCUT2D eigenvalue weighted by Crippen LogP contribution is 2.10. The second-order valence-corrected chi connectivity index (χ2v) is 8.04. The predicted molar refractivity (Wildman–Crippen MR) is 91.8 cm³/mol. The zero-order valence-corrected chi connectivity index (χ0v) is 14.3. The van der Waals surface area contributed by atoms with Crippen LogP contribution in [0.5, 0.6) is 0 Å². The summed E-state index contributed by atoms with van der Waals surface area (Å²) in [6.45, 7) is 4.28. The van der Waals surface area contributed by atoms with Gasteiger partial charge < -0.3 is 10.6 Å². The fourth-order valence-corrected chi connectivity index (χ4v) is 3.97. The van der Waals surface area contributed by atoms with Gasteiger partial charge in [0, 0.05) is 31.1 Å². The number of benzene rings is 1. The van der Waals surface area contributed by atoms with Crippen LogP contribution >= 0.6 is 11.8 Å². The molecule has 0 aromatic heterocycles. The van der Waals surface area contributed by atoms with Crippen LogP contribution in [0.1, 0.15) is 5.56 Å². The Bertz CT molecular complexity index is 608. The van der Waals surface area contributed by atoms with Crippen LogP contribution in [-0.2, 0) is 10.0 Å². The molecular weight excluding hydrogens is 320 g/mol. The first-order valence-corrected chi connectivity index (χ1v) is 9.82. The van der Waals surface area contributed by atoms with Gasteiger partial charge in [-0.05, 0) is 19.1 Å². The summed E-state index contributed by atoms with van der Waals surface area (Å²) in [5, 5.41) is 0. The smallest absolute Gasteiger partial charge is 0.240 e. The fourth-order valence-electron chi connectivity index (χ4n) is 2.04. The van der Waals surface area contributed by atoms with Crippen LogP contribution in [0, 0.1) is 6.92 Å². The van der Waals surface area contributed by atoms with E-state index >= 15 is 0 Å². The first-order valence-electron chi connectivity index (χ1n) is 7.18. The lowest BCUT2D eigenvalue weighted by Gasteiger charge is -2.27. The number of aryl methyl sites for hydroxylation is 1. The zero-order valence-electron chi connectivity index (χ0n) is 12.7. The molecule has 22 heavy (non-hydrogen) atoms. The maximum atomic E-state index is 12.1. The molecule has 1 heterocycles. The average Bonchev–Trinajstić information content (AvgIpc) is 2.52. The van der Waals surface area contributed by atoms with Crippen molar-refractivity contribution in [3.8, 4) is 0 Å². The van der Waals surface area contributed by atoms with Gasteiger partial charge in [0.1, 0.15) is 0 Å². The number of rotatable bonds is 5. The number of guanidine groups is 1. The SMILES string of the molecule is Cc1ccc(S(=O)(=O)NCCN=C(N)N2CCSCC2)cc1. The average molecular weight is 342 g/mol. The largest absolute Gasteiger partial charge is 0.370 e. The van der Waals surface area contributed by atoms with E-state index in [-0.39, 0.29) is 11.4 Å². The minimum Gasteiger partial charge on any atom is -0.370 e. The molecule has 3 N–H and O–H groups in total. The van der Waals surface area contributed by atoms with Crippen LogP contribution in [0.2, 0.25) is 0 Å². The Balaban J connectivity index is 1.83. The van der Waals surface area contributed by atoms with Crippen molar-refractivity contribution in [2.24, 2.45) is 10.7 Å². The Labute approximate surface area is 136 Å². The van der Waals surface area contributed by atoms with Gasteiger partial charge >= 0.3 is 0 Å². The molecule has 0 aliphatic carbocycles. The lowest BCUT2D eigenvalue weighted by Crippen LogP contribution is -2.43. The van der Waals surface area contributed by atoms with E-state index in [0.717, 1.165) is 30.2 Å². The fraction of sp³-hybridized carbons (Fsp3) is 0.500. The maximum absolute atomic E-state index is 12.1. The molecule has 1 aromatic carbocycles. The highest BCUT2D eigenvalue weighted by Gasteiger charge is 2.14. The van der Waals surface area contributed by atoms with E-state index in [4.69, 9.17) is 5.73 Å². The molecule has 0 spiro atoms. The number of hydrogen-bond acceptors (Lipinski definition) is 4. The molecule has 0 bridgehead atoms. The number of hydrogen-bond donors (Lipinski definition) is 2. The van der Waals surface area contributed by atoms with Crippen molar-refractivity contribution >= 4 is 27.7 Å². The second-order valence-electron chi connectivity index (χ2n) is 5.05. The second kappa shape index (κ2) is 7.85. The molecule has 1 fully saturated rings. The Morgan fingerprint density at radius 2 is 1.95 bits per heavy atom. The molecule has 1 aliphatic heterocycles. The van der Waals surface area contributed by atoms with Crippen LogP contribution < -0.4 is 10.5 Å². The van der Waals surface area contributed by atoms with E-state index in [0.29, 0.717) is 12.5 Å². The number of sulfonamides is 1. The first-order chi connectivity index (χ1) is 10.5. The topological polar surface area (TPSA) is 87.8 Å². The van der Waals surface area contributed by atoms with Gasteiger partial charge in [-0.15, -0.1) is 0 Å². The van der Waals surface area contributed by atoms with E-state index in [1.165, 1.54) is 0 Å². The summed E-state index contributed by atoms with van der Waals surface area (Å²) in [4.78, 5) is 6.54. The molecule has 0 amide bonds. The Kier molecular flexibility index (Phi) is 6.10. The Hall–Kier alpha value is -1.25. The summed E-state index contributed by atoms with van der Waals surface area (Å²) >= 11 is 1.90. The molecule has 1 aliphatic rings. The predicted octanol–water partition coefficient (Wildman–Crippen LogP) is 0.637. The number of thioether (sulfide) groups is 1. The third-order valence-corrected chi connectivity index (χ3v) is 5.76. The van der Waals surface area contributed by atoms with Gasteiger partial charge in [-0.2, -0.15) is 11.8 Å². The number of nitrogens with one attached hydrogen (secondary N) is 1. The maximum Gasteiger partial charge on any atom is 0.240 e. The third-order valence-electron chi connectivity index (χ3n) is 3.34. The zero-order chi connectivity index (χ0) is 16.0. The number of nitrogens with zero attached hydrogens (tertiary/aromatic N) is 2.